The Kier molecular flexibility index (Phi) is 8.97. The summed E-state index contributed by atoms with van der Waals surface area (Å²) >= 11 is 0. The third-order valence-corrected chi connectivity index (χ3v) is 6.06. The Morgan fingerprint density at radius 2 is 1.81 bits per heavy atom. The lowest BCUT2D eigenvalue weighted by Gasteiger charge is -2.28. The number of carbonyl (C=O) groups excluding carboxylic acids is 1. The lowest BCUT2D eigenvalue weighted by molar-refractivity contribution is 0.0962. The zero-order chi connectivity index (χ0) is 26.1. The highest BCUT2D eigenvalue weighted by atomic mass is 79.9. The molecule has 0 saturated heterocycles. The monoisotopic (exact) mass is 562 g/mol. The van der Waals surface area contributed by atoms with Gasteiger partial charge in [-0.15, -0.1) is 17.0 Å². The number of Topliss-reactive ketones (excluding diaryl/α,β-unsaturated/α-hetero) is 1. The summed E-state index contributed by atoms with van der Waals surface area (Å²) in [5, 5.41) is 17.7. The minimum atomic E-state index is -0.679. The maximum atomic E-state index is 15.1. The molecule has 0 aromatic heterocycles. The van der Waals surface area contributed by atoms with Crippen molar-refractivity contribution in [1.82, 2.24) is 4.90 Å². The number of rotatable bonds is 8. The summed E-state index contributed by atoms with van der Waals surface area (Å²) in [5.74, 6) is -0.227. The van der Waals surface area contributed by atoms with Crippen molar-refractivity contribution in [2.45, 2.75) is 32.7 Å². The van der Waals surface area contributed by atoms with Crippen LogP contribution in [0.15, 0.2) is 18.2 Å². The molecule has 1 aliphatic heterocycles. The van der Waals surface area contributed by atoms with Crippen molar-refractivity contribution in [3.05, 3.63) is 46.3 Å². The third kappa shape index (κ3) is 5.26. The van der Waals surface area contributed by atoms with E-state index >= 15 is 4.39 Å². The summed E-state index contributed by atoms with van der Waals surface area (Å²) in [4.78, 5) is 16.7. The summed E-state index contributed by atoms with van der Waals surface area (Å²) < 4.78 is 31.1. The van der Waals surface area contributed by atoms with Gasteiger partial charge in [0.05, 0.1) is 45.2 Å². The van der Waals surface area contributed by atoms with Gasteiger partial charge in [0.15, 0.2) is 23.1 Å². The van der Waals surface area contributed by atoms with Crippen molar-refractivity contribution in [2.75, 3.05) is 46.4 Å². The number of benzene rings is 2. The minimum absolute atomic E-state index is 0. The second-order valence-corrected chi connectivity index (χ2v) is 9.43. The number of amidine groups is 1. The van der Waals surface area contributed by atoms with Crippen molar-refractivity contribution in [3.8, 4) is 23.3 Å². The molecule has 0 atom stereocenters. The van der Waals surface area contributed by atoms with E-state index in [4.69, 9.17) is 19.6 Å². The van der Waals surface area contributed by atoms with Crippen LogP contribution in [0.5, 0.6) is 17.2 Å². The topological polar surface area (TPSA) is 98.9 Å². The second-order valence-electron chi connectivity index (χ2n) is 9.43. The largest absolute Gasteiger partial charge is 0.494 e. The van der Waals surface area contributed by atoms with Gasteiger partial charge in [-0.2, -0.15) is 5.26 Å². The van der Waals surface area contributed by atoms with E-state index in [0.29, 0.717) is 22.6 Å². The first-order chi connectivity index (χ1) is 16.5. The molecule has 2 aromatic carbocycles. The van der Waals surface area contributed by atoms with Gasteiger partial charge < -0.3 is 24.0 Å². The molecule has 0 fully saturated rings. The molecule has 1 N–H and O–H groups in total. The molecule has 0 radical (unpaired) electrons. The Morgan fingerprint density at radius 3 is 2.33 bits per heavy atom. The van der Waals surface area contributed by atoms with E-state index in [-0.39, 0.29) is 70.7 Å². The fourth-order valence-corrected chi connectivity index (χ4v) is 4.24. The van der Waals surface area contributed by atoms with Gasteiger partial charge in [-0.3, -0.25) is 10.2 Å². The number of ether oxygens (including phenoxy) is 3. The molecule has 8 nitrogen and oxygen atoms in total. The normalized spacial score (nSPS) is 12.4. The molecule has 194 valence electrons. The predicted octanol–water partition coefficient (Wildman–Crippen LogP) is 4.71. The van der Waals surface area contributed by atoms with Crippen molar-refractivity contribution in [3.63, 3.8) is 0 Å². The van der Waals surface area contributed by atoms with Crippen LogP contribution in [0.3, 0.4) is 0 Å². The minimum Gasteiger partial charge on any atom is -0.494 e. The van der Waals surface area contributed by atoms with Crippen molar-refractivity contribution >= 4 is 34.3 Å². The molecule has 36 heavy (non-hydrogen) atoms. The number of hydrogen-bond donors (Lipinski definition) is 1. The number of nitrogens with one attached hydrogen (secondary N) is 1. The van der Waals surface area contributed by atoms with Crippen molar-refractivity contribution < 1.29 is 23.4 Å². The Bertz CT molecular complexity index is 1220. The first kappa shape index (κ1) is 28.9. The molecule has 0 aliphatic carbocycles. The molecule has 10 heteroatoms. The van der Waals surface area contributed by atoms with E-state index in [2.05, 4.69) is 6.07 Å². The smallest absolute Gasteiger partial charge is 0.197 e. The van der Waals surface area contributed by atoms with Gasteiger partial charge in [0, 0.05) is 24.7 Å². The van der Waals surface area contributed by atoms with Gasteiger partial charge >= 0.3 is 0 Å². The average molecular weight is 563 g/mol. The van der Waals surface area contributed by atoms with Gasteiger partial charge in [-0.25, -0.2) is 4.39 Å². The zero-order valence-electron chi connectivity index (χ0n) is 21.6. The molecular weight excluding hydrogens is 531 g/mol. The molecule has 0 unspecified atom stereocenters. The summed E-state index contributed by atoms with van der Waals surface area (Å²) in [6.45, 7) is 6.25. The molecule has 0 bridgehead atoms. The van der Waals surface area contributed by atoms with E-state index in [1.807, 2.05) is 20.8 Å². The van der Waals surface area contributed by atoms with Crippen LogP contribution in [0, 0.1) is 22.6 Å². The van der Waals surface area contributed by atoms with Crippen LogP contribution in [0.2, 0.25) is 0 Å². The van der Waals surface area contributed by atoms with Gasteiger partial charge in [0.25, 0.3) is 0 Å². The lowest BCUT2D eigenvalue weighted by atomic mass is 9.84. The average Bonchev–Trinajstić information content (AvgIpc) is 3.12. The number of anilines is 1. The third-order valence-electron chi connectivity index (χ3n) is 6.06. The highest BCUT2D eigenvalue weighted by Gasteiger charge is 2.33. The Balaban J connectivity index is 0.00000456. The number of ketones is 1. The van der Waals surface area contributed by atoms with E-state index in [1.54, 1.807) is 37.3 Å². The van der Waals surface area contributed by atoms with E-state index in [0.717, 1.165) is 5.56 Å². The molecule has 2 aromatic rings. The zero-order valence-corrected chi connectivity index (χ0v) is 23.3. The number of methoxy groups -OCH3 is 3. The standard InChI is InChI=1S/C26H31FN4O4.BrH/c1-26(2,3)17-10-15(11-18(23(17)34-6)30(4)9-8-28)19(32)14-31-13-16-12-20(33-5)24(35-7)22(27)21(16)25(31)29;/h10-12,29H,9,13-14H2,1-7H3;1H. The van der Waals surface area contributed by atoms with Gasteiger partial charge in [0.1, 0.15) is 18.1 Å². The molecule has 0 saturated carbocycles. The summed E-state index contributed by atoms with van der Waals surface area (Å²) in [6.07, 6.45) is 0. The van der Waals surface area contributed by atoms with Crippen LogP contribution in [-0.2, 0) is 12.0 Å². The van der Waals surface area contributed by atoms with E-state index < -0.39 is 5.82 Å². The van der Waals surface area contributed by atoms with Crippen LogP contribution in [-0.4, -0.2) is 58.0 Å². The second kappa shape index (κ2) is 11.2. The molecule has 0 amide bonds. The van der Waals surface area contributed by atoms with E-state index in [9.17, 15) is 10.1 Å². The molecular formula is C26H32BrFN4O4. The number of nitrogens with zero attached hydrogens (tertiary/aromatic N) is 3. The van der Waals surface area contributed by atoms with Crippen molar-refractivity contribution in [1.29, 1.82) is 10.7 Å². The maximum Gasteiger partial charge on any atom is 0.197 e. The summed E-state index contributed by atoms with van der Waals surface area (Å²) in [7, 11) is 6.08. The first-order valence-electron chi connectivity index (χ1n) is 11.1. The van der Waals surface area contributed by atoms with Crippen LogP contribution in [0.4, 0.5) is 10.1 Å². The van der Waals surface area contributed by atoms with Crippen molar-refractivity contribution in [2.24, 2.45) is 0 Å². The van der Waals surface area contributed by atoms with Gasteiger partial charge in [-0.1, -0.05) is 20.8 Å². The molecule has 1 heterocycles. The first-order valence-corrected chi connectivity index (χ1v) is 11.1. The number of nitriles is 1. The fraction of sp³-hybridized carbons (Fsp3) is 0.423. The van der Waals surface area contributed by atoms with E-state index in [1.165, 1.54) is 19.1 Å². The number of hydrogen-bond acceptors (Lipinski definition) is 7. The summed E-state index contributed by atoms with van der Waals surface area (Å²) in [6, 6.07) is 7.25. The Morgan fingerprint density at radius 1 is 1.17 bits per heavy atom. The number of fused-ring (bicyclic) bond motifs is 1. The highest BCUT2D eigenvalue weighted by molar-refractivity contribution is 8.93. The molecule has 0 spiro atoms. The van der Waals surface area contributed by atoms with Crippen LogP contribution in [0.1, 0.15) is 47.8 Å². The predicted molar refractivity (Wildman–Crippen MR) is 142 cm³/mol. The van der Waals surface area contributed by atoms with Crippen LogP contribution < -0.4 is 19.1 Å². The summed E-state index contributed by atoms with van der Waals surface area (Å²) in [5.41, 5.74) is 2.20. The van der Waals surface area contributed by atoms with Gasteiger partial charge in [-0.05, 0) is 29.2 Å². The Labute approximate surface area is 221 Å². The Hall–Kier alpha value is -3.32. The van der Waals surface area contributed by atoms with Gasteiger partial charge in [0.2, 0.25) is 0 Å². The van der Waals surface area contributed by atoms with Crippen LogP contribution >= 0.6 is 17.0 Å². The molecule has 1 aliphatic rings. The lowest BCUT2D eigenvalue weighted by Crippen LogP contribution is -2.31. The van der Waals surface area contributed by atoms with Crippen LogP contribution in [0.25, 0.3) is 0 Å². The SMILES string of the molecule is Br.COc1cc2c(c(F)c1OC)C(=N)N(CC(=O)c1cc(N(C)CC#N)c(OC)c(C(C)(C)C)c1)C2. The maximum absolute atomic E-state index is 15.1. The quantitative estimate of drug-likeness (QED) is 0.367. The molecule has 3 rings (SSSR count). The number of carbonyl (C=O) groups is 1. The highest BCUT2D eigenvalue weighted by Crippen LogP contribution is 2.41. The number of halogens is 2. The fourth-order valence-electron chi connectivity index (χ4n) is 4.24.